The fraction of sp³-hybridized carbons (Fsp3) is 0. The van der Waals surface area contributed by atoms with Crippen molar-refractivity contribution < 1.29 is 4.42 Å². The zero-order valence-electron chi connectivity index (χ0n) is 11.6. The summed E-state index contributed by atoms with van der Waals surface area (Å²) in [4.78, 5) is 19.5. The number of fused-ring (bicyclic) bond motifs is 3. The molecule has 6 heteroatoms. The van der Waals surface area contributed by atoms with E-state index >= 15 is 0 Å². The number of H-pyrrole nitrogens is 1. The summed E-state index contributed by atoms with van der Waals surface area (Å²) in [5.41, 5.74) is 1.76. The van der Waals surface area contributed by atoms with Gasteiger partial charge < -0.3 is 9.40 Å². The van der Waals surface area contributed by atoms with E-state index in [1.54, 1.807) is 36.4 Å². The highest BCUT2D eigenvalue weighted by molar-refractivity contribution is 6.33. The largest absolute Gasteiger partial charge is 0.449 e. The van der Waals surface area contributed by atoms with E-state index < -0.39 is 0 Å². The quantitative estimate of drug-likeness (QED) is 0.577. The first-order valence-electron chi connectivity index (χ1n) is 6.79. The number of halogens is 1. The molecule has 0 aliphatic carbocycles. The van der Waals surface area contributed by atoms with Gasteiger partial charge in [0, 0.05) is 10.9 Å². The zero-order valence-corrected chi connectivity index (χ0v) is 12.4. The van der Waals surface area contributed by atoms with Crippen LogP contribution in [0, 0.1) is 11.3 Å². The highest BCUT2D eigenvalue weighted by Gasteiger charge is 2.15. The number of nitrogens with one attached hydrogen (secondary N) is 1. The van der Waals surface area contributed by atoms with E-state index in [1.807, 2.05) is 6.07 Å². The monoisotopic (exact) mass is 321 g/mol. The molecular weight excluding hydrogens is 314 g/mol. The molecule has 4 aromatic rings. The van der Waals surface area contributed by atoms with Gasteiger partial charge >= 0.3 is 0 Å². The van der Waals surface area contributed by atoms with E-state index in [2.05, 4.69) is 16.0 Å². The Labute approximate surface area is 134 Å². The number of aromatic nitrogens is 2. The van der Waals surface area contributed by atoms with Gasteiger partial charge in [0.1, 0.15) is 16.9 Å². The minimum absolute atomic E-state index is 0.130. The maximum Gasteiger partial charge on any atom is 0.294 e. The third-order valence-electron chi connectivity index (χ3n) is 3.58. The van der Waals surface area contributed by atoms with Crippen molar-refractivity contribution in [2.45, 2.75) is 0 Å². The molecule has 4 rings (SSSR count). The van der Waals surface area contributed by atoms with Gasteiger partial charge in [-0.1, -0.05) is 23.7 Å². The molecule has 5 nitrogen and oxygen atoms in total. The zero-order chi connectivity index (χ0) is 16.0. The van der Waals surface area contributed by atoms with Crippen molar-refractivity contribution in [3.05, 3.63) is 63.4 Å². The van der Waals surface area contributed by atoms with Crippen molar-refractivity contribution in [2.24, 2.45) is 0 Å². The molecule has 0 amide bonds. The summed E-state index contributed by atoms with van der Waals surface area (Å²) in [5.74, 6) is 0.359. The van der Waals surface area contributed by atoms with Crippen molar-refractivity contribution in [2.75, 3.05) is 0 Å². The Morgan fingerprint density at radius 3 is 2.83 bits per heavy atom. The van der Waals surface area contributed by atoms with Crippen molar-refractivity contribution in [1.82, 2.24) is 9.97 Å². The molecule has 0 saturated carbocycles. The van der Waals surface area contributed by atoms with Crippen LogP contribution in [0.25, 0.3) is 33.5 Å². The summed E-state index contributed by atoms with van der Waals surface area (Å²) in [7, 11) is 0. The Morgan fingerprint density at radius 1 is 1.22 bits per heavy atom. The molecule has 2 aromatic heterocycles. The van der Waals surface area contributed by atoms with Crippen LogP contribution in [0.2, 0.25) is 5.02 Å². The van der Waals surface area contributed by atoms with Crippen molar-refractivity contribution in [3.63, 3.8) is 0 Å². The van der Waals surface area contributed by atoms with Gasteiger partial charge in [0.25, 0.3) is 5.56 Å². The number of nitriles is 1. The van der Waals surface area contributed by atoms with Crippen LogP contribution in [-0.4, -0.2) is 9.97 Å². The highest BCUT2D eigenvalue weighted by atomic mass is 35.5. The molecule has 1 N–H and O–H groups in total. The first-order chi connectivity index (χ1) is 11.2. The number of hydrogen-bond acceptors (Lipinski definition) is 4. The number of rotatable bonds is 1. The summed E-state index contributed by atoms with van der Waals surface area (Å²) < 4.78 is 5.56. The molecule has 0 spiro atoms. The van der Waals surface area contributed by atoms with Crippen LogP contribution in [0.15, 0.2) is 51.7 Å². The van der Waals surface area contributed by atoms with Crippen molar-refractivity contribution in [1.29, 1.82) is 5.26 Å². The summed E-state index contributed by atoms with van der Waals surface area (Å²) in [6, 6.07) is 14.1. The Hall–Kier alpha value is -3.10. The molecule has 0 unspecified atom stereocenters. The maximum atomic E-state index is 12.3. The lowest BCUT2D eigenvalue weighted by molar-refractivity contribution is 0.661. The second-order valence-electron chi connectivity index (χ2n) is 5.00. The minimum Gasteiger partial charge on any atom is -0.449 e. The van der Waals surface area contributed by atoms with Crippen LogP contribution in [0.3, 0.4) is 0 Å². The predicted molar refractivity (Wildman–Crippen MR) is 87.3 cm³/mol. The molecule has 23 heavy (non-hydrogen) atoms. The summed E-state index contributed by atoms with van der Waals surface area (Å²) >= 11 is 6.17. The average Bonchev–Trinajstić information content (AvgIpc) is 2.93. The molecule has 0 bridgehead atoms. The van der Waals surface area contributed by atoms with Crippen LogP contribution >= 0.6 is 11.6 Å². The third-order valence-corrected chi connectivity index (χ3v) is 3.91. The Bertz CT molecular complexity index is 1170. The summed E-state index contributed by atoms with van der Waals surface area (Å²) in [6.07, 6.45) is 0. The Balaban J connectivity index is 2.10. The fourth-order valence-corrected chi connectivity index (χ4v) is 2.73. The Morgan fingerprint density at radius 2 is 2.04 bits per heavy atom. The van der Waals surface area contributed by atoms with Gasteiger partial charge in [-0.2, -0.15) is 5.26 Å². The number of nitrogens with zero attached hydrogens (tertiary/aromatic N) is 2. The summed E-state index contributed by atoms with van der Waals surface area (Å²) in [5, 5.41) is 10.2. The number of aromatic amines is 1. The second-order valence-corrected chi connectivity index (χ2v) is 5.40. The van der Waals surface area contributed by atoms with Crippen LogP contribution in [0.5, 0.6) is 0 Å². The van der Waals surface area contributed by atoms with E-state index in [-0.39, 0.29) is 11.1 Å². The molecule has 0 aliphatic rings. The smallest absolute Gasteiger partial charge is 0.294 e. The number of furan rings is 1. The highest BCUT2D eigenvalue weighted by Crippen LogP contribution is 2.29. The lowest BCUT2D eigenvalue weighted by Crippen LogP contribution is -2.08. The topological polar surface area (TPSA) is 82.7 Å². The first-order valence-corrected chi connectivity index (χ1v) is 7.17. The van der Waals surface area contributed by atoms with E-state index in [1.165, 1.54) is 0 Å². The molecular formula is C17H8ClN3O2. The van der Waals surface area contributed by atoms with Gasteiger partial charge in [-0.15, -0.1) is 0 Å². The summed E-state index contributed by atoms with van der Waals surface area (Å²) in [6.45, 7) is 0. The molecule has 0 saturated heterocycles. The standard InChI is InChI=1S/C17H8ClN3O2/c18-12-4-2-1-3-10(12)16-20-14-11-7-9(8-19)5-6-13(11)23-15(14)17(22)21-16/h1-7H,(H,20,21,22). The third kappa shape index (κ3) is 2.08. The molecule has 0 aliphatic heterocycles. The van der Waals surface area contributed by atoms with Crippen LogP contribution in [0.1, 0.15) is 5.56 Å². The Kier molecular flexibility index (Phi) is 2.93. The molecule has 110 valence electrons. The van der Waals surface area contributed by atoms with E-state index in [0.29, 0.717) is 38.5 Å². The van der Waals surface area contributed by atoms with Gasteiger partial charge in [0.15, 0.2) is 0 Å². The van der Waals surface area contributed by atoms with Crippen LogP contribution in [-0.2, 0) is 0 Å². The molecule has 0 radical (unpaired) electrons. The predicted octanol–water partition coefficient (Wildman–Crippen LogP) is 3.86. The molecule has 0 fully saturated rings. The van der Waals surface area contributed by atoms with Gasteiger partial charge in [-0.3, -0.25) is 4.79 Å². The maximum absolute atomic E-state index is 12.3. The van der Waals surface area contributed by atoms with Crippen molar-refractivity contribution >= 4 is 33.7 Å². The number of benzene rings is 2. The fourth-order valence-electron chi connectivity index (χ4n) is 2.50. The van der Waals surface area contributed by atoms with Crippen LogP contribution in [0.4, 0.5) is 0 Å². The van der Waals surface area contributed by atoms with Gasteiger partial charge in [0.2, 0.25) is 5.58 Å². The molecule has 0 atom stereocenters. The van der Waals surface area contributed by atoms with E-state index in [0.717, 1.165) is 0 Å². The lowest BCUT2D eigenvalue weighted by Gasteiger charge is -2.02. The van der Waals surface area contributed by atoms with E-state index in [4.69, 9.17) is 21.3 Å². The average molecular weight is 322 g/mol. The molecule has 2 heterocycles. The van der Waals surface area contributed by atoms with Gasteiger partial charge in [0.05, 0.1) is 16.7 Å². The first kappa shape index (κ1) is 13.6. The minimum atomic E-state index is -0.389. The lowest BCUT2D eigenvalue weighted by atomic mass is 10.1. The molecule has 2 aromatic carbocycles. The normalized spacial score (nSPS) is 11.0. The second kappa shape index (κ2) is 4.97. The SMILES string of the molecule is N#Cc1ccc2oc3c(=O)[nH]c(-c4ccccc4Cl)nc3c2c1. The van der Waals surface area contributed by atoms with Crippen molar-refractivity contribution in [3.8, 4) is 17.5 Å². The number of hydrogen-bond donors (Lipinski definition) is 1. The van der Waals surface area contributed by atoms with Gasteiger partial charge in [-0.25, -0.2) is 4.98 Å². The van der Waals surface area contributed by atoms with Crippen LogP contribution < -0.4 is 5.56 Å². The van der Waals surface area contributed by atoms with Gasteiger partial charge in [-0.05, 0) is 30.3 Å². The van der Waals surface area contributed by atoms with E-state index in [9.17, 15) is 4.79 Å².